The number of hydrogen-bond acceptors (Lipinski definition) is 2. The van der Waals surface area contributed by atoms with Crippen LogP contribution in [0.25, 0.3) is 0 Å². The summed E-state index contributed by atoms with van der Waals surface area (Å²) >= 11 is 0. The number of aliphatic carboxylic acids is 1. The van der Waals surface area contributed by atoms with Gasteiger partial charge in [0.25, 0.3) is 0 Å². The smallest absolute Gasteiger partial charge is 0.306 e. The van der Waals surface area contributed by atoms with Crippen LogP contribution in [-0.4, -0.2) is 54.4 Å². The number of likely N-dealkylation sites (N-methyl/N-ethyl adjacent to an activating group) is 1. The van der Waals surface area contributed by atoms with Crippen molar-refractivity contribution in [3.63, 3.8) is 0 Å². The van der Waals surface area contributed by atoms with Crippen LogP contribution in [0.5, 0.6) is 0 Å². The summed E-state index contributed by atoms with van der Waals surface area (Å²) in [7, 11) is 5.38. The van der Waals surface area contributed by atoms with Crippen molar-refractivity contribution in [2.45, 2.75) is 12.5 Å². The average molecular weight is 163 g/mol. The zero-order valence-corrected chi connectivity index (χ0v) is 7.16. The van der Waals surface area contributed by atoms with Crippen molar-refractivity contribution in [2.24, 2.45) is 0 Å². The minimum absolute atomic E-state index is 0.0965. The van der Waals surface area contributed by atoms with Gasteiger partial charge < -0.3 is 14.7 Å². The SMILES string of the molecule is [2H]C(O)(CC(=O)O)C[N+](C)(C)C. The number of quaternary nitrogens is 1. The van der Waals surface area contributed by atoms with E-state index in [2.05, 4.69) is 0 Å². The van der Waals surface area contributed by atoms with E-state index in [9.17, 15) is 9.90 Å². The monoisotopic (exact) mass is 163 g/mol. The second-order valence-electron chi connectivity index (χ2n) is 3.59. The lowest BCUT2D eigenvalue weighted by molar-refractivity contribution is -0.873. The van der Waals surface area contributed by atoms with Gasteiger partial charge >= 0.3 is 5.97 Å². The maximum atomic E-state index is 10.2. The molecule has 0 bridgehead atoms. The Hall–Kier alpha value is -0.610. The van der Waals surface area contributed by atoms with E-state index in [1.54, 1.807) is 21.1 Å². The minimum Gasteiger partial charge on any atom is -0.481 e. The third kappa shape index (κ3) is 7.29. The van der Waals surface area contributed by atoms with Gasteiger partial charge in [-0.3, -0.25) is 4.79 Å². The summed E-state index contributed by atoms with van der Waals surface area (Å²) in [4.78, 5) is 10.2. The number of carboxylic acids is 1. The van der Waals surface area contributed by atoms with E-state index in [4.69, 9.17) is 6.48 Å². The zero-order valence-electron chi connectivity index (χ0n) is 8.16. The second kappa shape index (κ2) is 3.69. The molecule has 0 aromatic rings. The number of aliphatic hydroxyl groups is 1. The molecule has 0 aliphatic rings. The van der Waals surface area contributed by atoms with Crippen LogP contribution in [0.4, 0.5) is 0 Å². The van der Waals surface area contributed by atoms with Crippen molar-refractivity contribution >= 4 is 5.97 Å². The lowest BCUT2D eigenvalue weighted by Gasteiger charge is -2.25. The van der Waals surface area contributed by atoms with E-state index in [0.29, 0.717) is 4.48 Å². The molecule has 0 amide bonds. The van der Waals surface area contributed by atoms with Crippen LogP contribution in [0.15, 0.2) is 0 Å². The Bertz CT molecular complexity index is 174. The Balaban J connectivity index is 4.13. The Morgan fingerprint density at radius 2 is 2.09 bits per heavy atom. The largest absolute Gasteiger partial charge is 0.481 e. The highest BCUT2D eigenvalue weighted by molar-refractivity contribution is 5.67. The molecule has 0 aliphatic carbocycles. The van der Waals surface area contributed by atoms with Crippen molar-refractivity contribution in [3.05, 3.63) is 0 Å². The Labute approximate surface area is 68.1 Å². The molecule has 1 atom stereocenters. The zero-order chi connectivity index (χ0) is 9.99. The van der Waals surface area contributed by atoms with Crippen molar-refractivity contribution in [1.29, 1.82) is 0 Å². The predicted octanol–water partition coefficient (Wildman–Crippen LogP) is -0.472. The highest BCUT2D eigenvalue weighted by Gasteiger charge is 2.17. The van der Waals surface area contributed by atoms with E-state index >= 15 is 0 Å². The molecule has 0 aromatic heterocycles. The normalized spacial score (nSPS) is 18.7. The molecule has 1 unspecified atom stereocenters. The standard InChI is InChI=1S/C7H15NO3/c1-8(2,3)5-6(9)4-7(10)11/h6,9H,4-5H2,1-3H3/p+1/i6D. The molecule has 0 aliphatic heterocycles. The lowest BCUT2D eigenvalue weighted by atomic mass is 10.2. The van der Waals surface area contributed by atoms with Crippen molar-refractivity contribution in [2.75, 3.05) is 27.7 Å². The van der Waals surface area contributed by atoms with E-state index in [-0.39, 0.29) is 6.54 Å². The molecule has 11 heavy (non-hydrogen) atoms. The molecule has 0 rings (SSSR count). The fourth-order valence-corrected chi connectivity index (χ4v) is 0.778. The summed E-state index contributed by atoms with van der Waals surface area (Å²) in [5.41, 5.74) is 0. The maximum absolute atomic E-state index is 10.2. The molecule has 66 valence electrons. The summed E-state index contributed by atoms with van der Waals surface area (Å²) < 4.78 is 7.64. The summed E-state index contributed by atoms with van der Waals surface area (Å²) in [6.07, 6.45) is -2.41. The molecule has 0 heterocycles. The predicted molar refractivity (Wildman–Crippen MR) is 41.2 cm³/mol. The molecular weight excluding hydrogens is 146 g/mol. The van der Waals surface area contributed by atoms with Gasteiger partial charge in [-0.1, -0.05) is 0 Å². The Morgan fingerprint density at radius 3 is 2.36 bits per heavy atom. The third-order valence-corrected chi connectivity index (χ3v) is 1.01. The van der Waals surface area contributed by atoms with Gasteiger partial charge in [0.05, 0.1) is 28.9 Å². The summed E-state index contributed by atoms with van der Waals surface area (Å²) in [6, 6.07) is 0. The van der Waals surface area contributed by atoms with E-state index in [1.165, 1.54) is 0 Å². The summed E-state index contributed by atoms with van der Waals surface area (Å²) in [5, 5.41) is 17.6. The van der Waals surface area contributed by atoms with Crippen LogP contribution in [0.1, 0.15) is 7.79 Å². The van der Waals surface area contributed by atoms with Gasteiger partial charge in [-0.15, -0.1) is 0 Å². The van der Waals surface area contributed by atoms with Crippen LogP contribution < -0.4 is 0 Å². The van der Waals surface area contributed by atoms with Crippen LogP contribution in [0.2, 0.25) is 0 Å². The number of carboxylic acid groups (broad SMARTS) is 1. The topological polar surface area (TPSA) is 57.5 Å². The molecular formula is C7H16NO3+. The van der Waals surface area contributed by atoms with Gasteiger partial charge in [0, 0.05) is 0 Å². The van der Waals surface area contributed by atoms with Gasteiger partial charge in [-0.2, -0.15) is 0 Å². The number of rotatable bonds is 4. The van der Waals surface area contributed by atoms with Gasteiger partial charge in [0.15, 0.2) is 0 Å². The second-order valence-corrected chi connectivity index (χ2v) is 3.59. The molecule has 0 fully saturated rings. The van der Waals surface area contributed by atoms with E-state index < -0.39 is 18.5 Å². The quantitative estimate of drug-likeness (QED) is 0.551. The van der Waals surface area contributed by atoms with Crippen LogP contribution in [0.3, 0.4) is 0 Å². The van der Waals surface area contributed by atoms with Crippen molar-refractivity contribution in [1.82, 2.24) is 0 Å². The molecule has 0 spiro atoms. The maximum Gasteiger partial charge on any atom is 0.306 e. The van der Waals surface area contributed by atoms with Crippen molar-refractivity contribution < 1.29 is 20.9 Å². The first kappa shape index (κ1) is 8.49. The first-order chi connectivity index (χ1) is 5.12. The summed E-state index contributed by atoms with van der Waals surface area (Å²) in [5.74, 6) is -1.15. The molecule has 4 heteroatoms. The van der Waals surface area contributed by atoms with E-state index in [1.807, 2.05) is 0 Å². The summed E-state index contributed by atoms with van der Waals surface area (Å²) in [6.45, 7) is 0.0965. The Kier molecular flexibility index (Phi) is 2.84. The van der Waals surface area contributed by atoms with Crippen LogP contribution in [-0.2, 0) is 4.79 Å². The fraction of sp³-hybridized carbons (Fsp3) is 0.857. The number of hydrogen-bond donors (Lipinski definition) is 2. The lowest BCUT2D eigenvalue weighted by Crippen LogP contribution is -2.42. The number of carbonyl (C=O) groups is 1. The first-order valence-electron chi connectivity index (χ1n) is 3.87. The van der Waals surface area contributed by atoms with Crippen molar-refractivity contribution in [3.8, 4) is 0 Å². The average Bonchev–Trinajstić information content (AvgIpc) is 1.48. The van der Waals surface area contributed by atoms with Gasteiger partial charge in [-0.25, -0.2) is 0 Å². The molecule has 0 saturated carbocycles. The van der Waals surface area contributed by atoms with Crippen LogP contribution >= 0.6 is 0 Å². The van der Waals surface area contributed by atoms with Gasteiger partial charge in [-0.05, 0) is 0 Å². The molecule has 0 aromatic carbocycles. The molecule has 0 radical (unpaired) electrons. The Morgan fingerprint density at radius 1 is 1.64 bits per heavy atom. The number of nitrogens with zero attached hydrogens (tertiary/aromatic N) is 1. The minimum atomic E-state index is -1.87. The van der Waals surface area contributed by atoms with Gasteiger partial charge in [0.1, 0.15) is 12.6 Å². The third-order valence-electron chi connectivity index (χ3n) is 1.01. The highest BCUT2D eigenvalue weighted by Crippen LogP contribution is 1.98. The van der Waals surface area contributed by atoms with Gasteiger partial charge in [0.2, 0.25) is 0 Å². The highest BCUT2D eigenvalue weighted by atomic mass is 16.4. The fourth-order valence-electron chi connectivity index (χ4n) is 0.778. The van der Waals surface area contributed by atoms with E-state index in [0.717, 1.165) is 0 Å². The van der Waals surface area contributed by atoms with Crippen LogP contribution in [0, 0.1) is 0 Å². The first-order valence-corrected chi connectivity index (χ1v) is 3.37. The molecule has 4 nitrogen and oxygen atoms in total. The molecule has 0 saturated heterocycles. The molecule has 2 N–H and O–H groups in total.